The molecule has 0 unspecified atom stereocenters. The SMILES string of the molecule is CCCO[C@H]1CCC[C@H]([NH3+])C(=O)O[C@@H](C)[C@@H]1Oc1cccc(F)c1.[Cl-]. The van der Waals surface area contributed by atoms with Crippen molar-refractivity contribution in [3.8, 4) is 5.75 Å². The third kappa shape index (κ3) is 6.45. The minimum absolute atomic E-state index is 0. The Kier molecular flexibility index (Phi) is 9.17. The summed E-state index contributed by atoms with van der Waals surface area (Å²) in [4.78, 5) is 12.1. The van der Waals surface area contributed by atoms with Crippen molar-refractivity contribution in [1.29, 1.82) is 0 Å². The van der Waals surface area contributed by atoms with Crippen molar-refractivity contribution in [3.63, 3.8) is 0 Å². The van der Waals surface area contributed by atoms with Crippen molar-refractivity contribution < 1.29 is 41.5 Å². The third-order valence-electron chi connectivity index (χ3n) is 4.11. The second kappa shape index (κ2) is 10.6. The fourth-order valence-corrected chi connectivity index (χ4v) is 2.81. The van der Waals surface area contributed by atoms with Crippen LogP contribution in [0.3, 0.4) is 0 Å². The van der Waals surface area contributed by atoms with E-state index in [4.69, 9.17) is 14.2 Å². The maximum atomic E-state index is 13.4. The number of halogens is 2. The van der Waals surface area contributed by atoms with Gasteiger partial charge in [0.25, 0.3) is 0 Å². The smallest absolute Gasteiger partial charge is 0.365 e. The first-order valence-electron chi connectivity index (χ1n) is 8.58. The Bertz CT molecular complexity index is 546. The minimum Gasteiger partial charge on any atom is -1.00 e. The van der Waals surface area contributed by atoms with Crippen molar-refractivity contribution in [2.24, 2.45) is 0 Å². The van der Waals surface area contributed by atoms with Gasteiger partial charge in [-0.25, -0.2) is 9.18 Å². The predicted molar refractivity (Wildman–Crippen MR) is 86.9 cm³/mol. The largest absolute Gasteiger partial charge is 1.00 e. The lowest BCUT2D eigenvalue weighted by atomic mass is 10.0. The molecular formula is C18H27ClFNO4. The second-order valence-electron chi connectivity index (χ2n) is 6.22. The van der Waals surface area contributed by atoms with E-state index >= 15 is 0 Å². The normalized spacial score (nSPS) is 27.3. The molecule has 0 amide bonds. The van der Waals surface area contributed by atoms with Crippen LogP contribution >= 0.6 is 0 Å². The summed E-state index contributed by atoms with van der Waals surface area (Å²) in [7, 11) is 0. The van der Waals surface area contributed by atoms with Crippen LogP contribution in [0.2, 0.25) is 0 Å². The van der Waals surface area contributed by atoms with E-state index in [0.717, 1.165) is 19.3 Å². The van der Waals surface area contributed by atoms with Gasteiger partial charge in [0.2, 0.25) is 0 Å². The van der Waals surface area contributed by atoms with E-state index in [9.17, 15) is 9.18 Å². The van der Waals surface area contributed by atoms with Crippen molar-refractivity contribution in [2.75, 3.05) is 6.61 Å². The van der Waals surface area contributed by atoms with Gasteiger partial charge in [0, 0.05) is 19.1 Å². The Balaban J connectivity index is 0.00000312. The van der Waals surface area contributed by atoms with Gasteiger partial charge in [-0.1, -0.05) is 13.0 Å². The maximum Gasteiger partial charge on any atom is 0.365 e. The number of benzene rings is 1. The lowest BCUT2D eigenvalue weighted by Gasteiger charge is -2.31. The van der Waals surface area contributed by atoms with Crippen molar-refractivity contribution in [1.82, 2.24) is 0 Å². The van der Waals surface area contributed by atoms with Crippen LogP contribution in [-0.4, -0.2) is 36.9 Å². The summed E-state index contributed by atoms with van der Waals surface area (Å²) in [6, 6.07) is 5.57. The first-order valence-corrected chi connectivity index (χ1v) is 8.58. The number of carbonyl (C=O) groups is 1. The highest BCUT2D eigenvalue weighted by molar-refractivity contribution is 5.74. The third-order valence-corrected chi connectivity index (χ3v) is 4.11. The standard InChI is InChI=1S/C18H26FNO4.ClH/c1-3-10-22-16-9-5-8-15(20)18(21)23-12(2)17(16)24-14-7-4-6-13(19)11-14;/h4,6-7,11-12,15-17H,3,5,8-10,20H2,1-2H3;1H/t12-,15-,16-,17-;/m0./s1. The fourth-order valence-electron chi connectivity index (χ4n) is 2.81. The highest BCUT2D eigenvalue weighted by Gasteiger charge is 2.35. The van der Waals surface area contributed by atoms with E-state index in [1.807, 2.05) is 6.92 Å². The molecule has 1 heterocycles. The number of hydrogen-bond acceptors (Lipinski definition) is 4. The number of esters is 1. The Labute approximate surface area is 154 Å². The molecule has 1 aromatic carbocycles. The molecule has 25 heavy (non-hydrogen) atoms. The molecule has 5 nitrogen and oxygen atoms in total. The summed E-state index contributed by atoms with van der Waals surface area (Å²) in [5.74, 6) is -0.297. The van der Waals surface area contributed by atoms with Crippen LogP contribution in [0.5, 0.6) is 5.75 Å². The predicted octanol–water partition coefficient (Wildman–Crippen LogP) is -0.902. The van der Waals surface area contributed by atoms with Gasteiger partial charge >= 0.3 is 5.97 Å². The number of ether oxygens (including phenoxy) is 3. The van der Waals surface area contributed by atoms with Gasteiger partial charge in [-0.15, -0.1) is 0 Å². The molecule has 3 N–H and O–H groups in total. The Morgan fingerprint density at radius 1 is 1.36 bits per heavy atom. The van der Waals surface area contributed by atoms with Crippen LogP contribution in [0.15, 0.2) is 24.3 Å². The van der Waals surface area contributed by atoms with Crippen LogP contribution in [-0.2, 0) is 14.3 Å². The number of quaternary nitrogens is 1. The molecule has 0 spiro atoms. The van der Waals surface area contributed by atoms with E-state index < -0.39 is 12.2 Å². The second-order valence-corrected chi connectivity index (χ2v) is 6.22. The van der Waals surface area contributed by atoms with Gasteiger partial charge < -0.3 is 32.4 Å². The minimum atomic E-state index is -0.509. The summed E-state index contributed by atoms with van der Waals surface area (Å²) in [6.07, 6.45) is 1.86. The highest BCUT2D eigenvalue weighted by Crippen LogP contribution is 2.24. The first kappa shape index (κ1) is 21.7. The highest BCUT2D eigenvalue weighted by atomic mass is 35.5. The summed E-state index contributed by atoms with van der Waals surface area (Å²) in [6.45, 7) is 4.41. The van der Waals surface area contributed by atoms with Crippen LogP contribution < -0.4 is 22.9 Å². The van der Waals surface area contributed by atoms with Crippen LogP contribution in [0.1, 0.15) is 39.5 Å². The van der Waals surface area contributed by atoms with E-state index in [0.29, 0.717) is 18.8 Å². The molecule has 4 atom stereocenters. The zero-order valence-electron chi connectivity index (χ0n) is 14.8. The molecule has 2 rings (SSSR count). The van der Waals surface area contributed by atoms with Crippen LogP contribution in [0.4, 0.5) is 4.39 Å². The summed E-state index contributed by atoms with van der Waals surface area (Å²) >= 11 is 0. The molecule has 1 fully saturated rings. The topological polar surface area (TPSA) is 72.4 Å². The summed E-state index contributed by atoms with van der Waals surface area (Å²) in [5, 5.41) is 0. The van der Waals surface area contributed by atoms with E-state index in [2.05, 4.69) is 5.73 Å². The molecule has 0 saturated carbocycles. The Morgan fingerprint density at radius 2 is 2.12 bits per heavy atom. The molecule has 0 bridgehead atoms. The molecule has 1 aliphatic rings. The average Bonchev–Trinajstić information content (AvgIpc) is 2.59. The molecule has 1 aliphatic heterocycles. The zero-order chi connectivity index (χ0) is 17.5. The molecule has 7 heteroatoms. The quantitative estimate of drug-likeness (QED) is 0.677. The number of cyclic esters (lactones) is 1. The fraction of sp³-hybridized carbons (Fsp3) is 0.611. The monoisotopic (exact) mass is 375 g/mol. The lowest BCUT2D eigenvalue weighted by Crippen LogP contribution is -3.00. The maximum absolute atomic E-state index is 13.4. The molecule has 0 aliphatic carbocycles. The van der Waals surface area contributed by atoms with Crippen molar-refractivity contribution in [2.45, 2.75) is 63.9 Å². The first-order chi connectivity index (χ1) is 11.5. The Morgan fingerprint density at radius 3 is 2.80 bits per heavy atom. The van der Waals surface area contributed by atoms with Gasteiger partial charge in [-0.05, 0) is 38.3 Å². The molecule has 1 saturated heterocycles. The summed E-state index contributed by atoms with van der Waals surface area (Å²) in [5.41, 5.74) is 3.86. The molecular weight excluding hydrogens is 349 g/mol. The van der Waals surface area contributed by atoms with E-state index in [1.54, 1.807) is 19.1 Å². The zero-order valence-corrected chi connectivity index (χ0v) is 15.5. The van der Waals surface area contributed by atoms with Gasteiger partial charge in [-0.2, -0.15) is 0 Å². The lowest BCUT2D eigenvalue weighted by molar-refractivity contribution is -0.410. The molecule has 0 radical (unpaired) electrons. The van der Waals surface area contributed by atoms with Gasteiger partial charge in [0.1, 0.15) is 17.7 Å². The van der Waals surface area contributed by atoms with Crippen LogP contribution in [0, 0.1) is 5.82 Å². The molecule has 1 aromatic rings. The van der Waals surface area contributed by atoms with Crippen LogP contribution in [0.25, 0.3) is 0 Å². The van der Waals surface area contributed by atoms with E-state index in [-0.39, 0.29) is 36.3 Å². The average molecular weight is 376 g/mol. The van der Waals surface area contributed by atoms with Gasteiger partial charge in [0.15, 0.2) is 12.1 Å². The molecule has 0 aromatic heterocycles. The number of carbonyl (C=O) groups excluding carboxylic acids is 1. The van der Waals surface area contributed by atoms with Gasteiger partial charge in [0.05, 0.1) is 6.10 Å². The van der Waals surface area contributed by atoms with Crippen molar-refractivity contribution >= 4 is 5.97 Å². The Hall–Kier alpha value is -1.37. The number of rotatable bonds is 5. The number of hydrogen-bond donors (Lipinski definition) is 1. The van der Waals surface area contributed by atoms with Crippen molar-refractivity contribution in [3.05, 3.63) is 30.1 Å². The van der Waals surface area contributed by atoms with Gasteiger partial charge in [-0.3, -0.25) is 0 Å². The summed E-state index contributed by atoms with van der Waals surface area (Å²) < 4.78 is 30.9. The van der Waals surface area contributed by atoms with E-state index in [1.165, 1.54) is 12.1 Å². The molecule has 142 valence electrons.